The largest absolute Gasteiger partial charge is 0.310 e. The number of amides is 4. The van der Waals surface area contributed by atoms with Gasteiger partial charge in [0, 0.05) is 29.5 Å². The van der Waals surface area contributed by atoms with Crippen molar-refractivity contribution in [3.05, 3.63) is 131 Å². The number of nitrogens with zero attached hydrogens (tertiary/aromatic N) is 3. The van der Waals surface area contributed by atoms with Crippen LogP contribution < -0.4 is 15.1 Å². The number of anilines is 2. The minimum atomic E-state index is -1.47. The highest BCUT2D eigenvalue weighted by Crippen LogP contribution is 2.55. The van der Waals surface area contributed by atoms with Crippen LogP contribution in [0.25, 0.3) is 0 Å². The molecule has 2 fully saturated rings. The highest BCUT2D eigenvalue weighted by molar-refractivity contribution is 6.18. The summed E-state index contributed by atoms with van der Waals surface area (Å²) < 4.78 is 0. The van der Waals surface area contributed by atoms with Gasteiger partial charge in [-0.05, 0) is 41.7 Å². The molecule has 0 aromatic heterocycles. The van der Waals surface area contributed by atoms with Gasteiger partial charge in [-0.25, -0.2) is 0 Å². The molecule has 0 saturated carbocycles. The van der Waals surface area contributed by atoms with E-state index in [0.29, 0.717) is 24.2 Å². The van der Waals surface area contributed by atoms with Gasteiger partial charge >= 0.3 is 0 Å². The summed E-state index contributed by atoms with van der Waals surface area (Å²) in [6.45, 7) is 0.535. The lowest BCUT2D eigenvalue weighted by molar-refractivity contribution is -0.143. The predicted molar refractivity (Wildman–Crippen MR) is 169 cm³/mol. The van der Waals surface area contributed by atoms with Gasteiger partial charge in [-0.1, -0.05) is 97.1 Å². The lowest BCUT2D eigenvalue weighted by Gasteiger charge is -2.31. The number of nitrogens with one attached hydrogen (secondary N) is 1. The topological polar surface area (TPSA) is 90.0 Å². The van der Waals surface area contributed by atoms with Crippen LogP contribution in [0.3, 0.4) is 0 Å². The maximum Gasteiger partial charge on any atom is 0.253 e. The van der Waals surface area contributed by atoms with Crippen molar-refractivity contribution < 1.29 is 19.2 Å². The average Bonchev–Trinajstić information content (AvgIpc) is 3.78. The SMILES string of the molecule is O=C1[C@H]2[C@@H](C(=O)N1Cc1ccccc1)[C@]1(N[C@@H]2Cc2ccccc2)C(=O)N(CC(=O)N2CCc3ccccc32)c2ccccc21. The van der Waals surface area contributed by atoms with Crippen molar-refractivity contribution in [3.8, 4) is 0 Å². The van der Waals surface area contributed by atoms with E-state index in [2.05, 4.69) is 5.32 Å². The summed E-state index contributed by atoms with van der Waals surface area (Å²) >= 11 is 0. The van der Waals surface area contributed by atoms with Gasteiger partial charge in [0.15, 0.2) is 0 Å². The van der Waals surface area contributed by atoms with E-state index in [1.54, 1.807) is 4.90 Å². The normalized spacial score (nSPS) is 24.8. The molecule has 8 nitrogen and oxygen atoms in total. The molecule has 4 amide bonds. The zero-order valence-corrected chi connectivity index (χ0v) is 24.6. The lowest BCUT2D eigenvalue weighted by atomic mass is 9.76. The van der Waals surface area contributed by atoms with Crippen LogP contribution in [-0.2, 0) is 44.1 Å². The van der Waals surface area contributed by atoms with E-state index in [-0.39, 0.29) is 36.7 Å². The monoisotopic (exact) mass is 596 g/mol. The molecule has 4 aliphatic rings. The van der Waals surface area contributed by atoms with Crippen LogP contribution in [0.2, 0.25) is 0 Å². The third kappa shape index (κ3) is 4.16. The molecule has 224 valence electrons. The summed E-state index contributed by atoms with van der Waals surface area (Å²) in [4.78, 5) is 61.9. The first-order valence-electron chi connectivity index (χ1n) is 15.5. The number of carbonyl (C=O) groups is 4. The van der Waals surface area contributed by atoms with E-state index in [1.807, 2.05) is 109 Å². The molecule has 1 N–H and O–H groups in total. The number of para-hydroxylation sites is 2. The maximum atomic E-state index is 14.9. The van der Waals surface area contributed by atoms with Crippen LogP contribution in [0.15, 0.2) is 109 Å². The number of fused-ring (bicyclic) bond motifs is 5. The number of imide groups is 1. The van der Waals surface area contributed by atoms with Crippen molar-refractivity contribution in [2.75, 3.05) is 22.9 Å². The van der Waals surface area contributed by atoms with E-state index in [1.165, 1.54) is 9.80 Å². The summed E-state index contributed by atoms with van der Waals surface area (Å²) in [5.41, 5.74) is 3.58. The summed E-state index contributed by atoms with van der Waals surface area (Å²) in [6, 6.07) is 34.0. The van der Waals surface area contributed by atoms with Crippen LogP contribution in [0.1, 0.15) is 22.3 Å². The molecule has 0 bridgehead atoms. The van der Waals surface area contributed by atoms with Crippen LogP contribution in [0.4, 0.5) is 11.4 Å². The Balaban J connectivity index is 1.19. The molecule has 0 aliphatic carbocycles. The summed E-state index contributed by atoms with van der Waals surface area (Å²) in [5, 5.41) is 3.57. The van der Waals surface area contributed by atoms with Crippen molar-refractivity contribution in [1.29, 1.82) is 0 Å². The fourth-order valence-corrected chi connectivity index (χ4v) is 7.95. The van der Waals surface area contributed by atoms with E-state index < -0.39 is 23.4 Å². The Morgan fingerprint density at radius 1 is 0.733 bits per heavy atom. The number of hydrogen-bond donors (Lipinski definition) is 1. The first kappa shape index (κ1) is 27.5. The number of benzene rings is 4. The van der Waals surface area contributed by atoms with Crippen LogP contribution in [0, 0.1) is 11.8 Å². The fraction of sp³-hybridized carbons (Fsp3) is 0.243. The smallest absolute Gasteiger partial charge is 0.253 e. The zero-order valence-electron chi connectivity index (χ0n) is 24.6. The van der Waals surface area contributed by atoms with Gasteiger partial charge in [-0.3, -0.25) is 29.4 Å². The Labute approximate surface area is 261 Å². The number of carbonyl (C=O) groups excluding carboxylic acids is 4. The molecule has 8 heteroatoms. The third-order valence-electron chi connectivity index (χ3n) is 9.92. The van der Waals surface area contributed by atoms with Gasteiger partial charge in [0.2, 0.25) is 17.7 Å². The number of likely N-dealkylation sites (tertiary alicyclic amines) is 1. The molecule has 4 aromatic rings. The van der Waals surface area contributed by atoms with E-state index in [4.69, 9.17) is 0 Å². The second kappa shape index (κ2) is 10.5. The summed E-state index contributed by atoms with van der Waals surface area (Å²) in [6.07, 6.45) is 1.23. The van der Waals surface area contributed by atoms with E-state index >= 15 is 0 Å². The van der Waals surface area contributed by atoms with Crippen molar-refractivity contribution in [2.45, 2.75) is 31.0 Å². The Morgan fingerprint density at radius 3 is 2.13 bits per heavy atom. The average molecular weight is 597 g/mol. The quantitative estimate of drug-likeness (QED) is 0.342. The Kier molecular flexibility index (Phi) is 6.42. The second-order valence-electron chi connectivity index (χ2n) is 12.3. The molecular formula is C37H32N4O4. The highest BCUT2D eigenvalue weighted by atomic mass is 16.2. The third-order valence-corrected chi connectivity index (χ3v) is 9.92. The number of hydrogen-bond acceptors (Lipinski definition) is 5. The van der Waals surface area contributed by atoms with Gasteiger partial charge in [0.1, 0.15) is 12.1 Å². The Morgan fingerprint density at radius 2 is 1.38 bits per heavy atom. The van der Waals surface area contributed by atoms with Gasteiger partial charge in [-0.15, -0.1) is 0 Å². The molecule has 4 heterocycles. The molecule has 4 aromatic carbocycles. The van der Waals surface area contributed by atoms with Crippen molar-refractivity contribution >= 4 is 35.0 Å². The molecule has 4 aliphatic heterocycles. The van der Waals surface area contributed by atoms with Crippen molar-refractivity contribution in [3.63, 3.8) is 0 Å². The predicted octanol–water partition coefficient (Wildman–Crippen LogP) is 3.83. The molecule has 45 heavy (non-hydrogen) atoms. The molecule has 4 atom stereocenters. The highest BCUT2D eigenvalue weighted by Gasteiger charge is 2.71. The van der Waals surface area contributed by atoms with Crippen molar-refractivity contribution in [1.82, 2.24) is 10.2 Å². The second-order valence-corrected chi connectivity index (χ2v) is 12.3. The molecule has 8 rings (SSSR count). The van der Waals surface area contributed by atoms with Crippen LogP contribution in [0.5, 0.6) is 0 Å². The lowest BCUT2D eigenvalue weighted by Crippen LogP contribution is -2.56. The first-order chi connectivity index (χ1) is 22.0. The van der Waals surface area contributed by atoms with Crippen LogP contribution in [-0.4, -0.2) is 47.7 Å². The Bertz CT molecular complexity index is 1840. The van der Waals surface area contributed by atoms with Gasteiger partial charge in [0.05, 0.1) is 18.4 Å². The van der Waals surface area contributed by atoms with E-state index in [9.17, 15) is 19.2 Å². The number of rotatable bonds is 6. The molecule has 2 saturated heterocycles. The zero-order chi connectivity index (χ0) is 30.7. The van der Waals surface area contributed by atoms with E-state index in [0.717, 1.165) is 28.8 Å². The van der Waals surface area contributed by atoms with Gasteiger partial charge < -0.3 is 9.80 Å². The molecular weight excluding hydrogens is 564 g/mol. The minimum Gasteiger partial charge on any atom is -0.310 e. The van der Waals surface area contributed by atoms with Crippen molar-refractivity contribution in [2.24, 2.45) is 11.8 Å². The molecule has 1 spiro atoms. The molecule has 0 radical (unpaired) electrons. The fourth-order valence-electron chi connectivity index (χ4n) is 7.95. The molecule has 0 unspecified atom stereocenters. The standard InChI is InChI=1S/C37H32N4O4/c42-31(39-20-19-26-15-7-9-17-29(26)39)23-40-30-18-10-8-16-27(30)37(36(40)45)33-32(28(38-37)21-24-11-3-1-4-12-24)34(43)41(35(33)44)22-25-13-5-2-6-14-25/h1-18,28,32-33,38H,19-23H2/t28-,32-,33+,37+/m1/s1. The maximum absolute atomic E-state index is 14.9. The first-order valence-corrected chi connectivity index (χ1v) is 15.5. The Hall–Kier alpha value is -5.08. The van der Waals surface area contributed by atoms with Crippen LogP contribution >= 0.6 is 0 Å². The minimum absolute atomic E-state index is 0.145. The van der Waals surface area contributed by atoms with Gasteiger partial charge in [-0.2, -0.15) is 0 Å². The van der Waals surface area contributed by atoms with Gasteiger partial charge in [0.25, 0.3) is 5.91 Å². The summed E-state index contributed by atoms with van der Waals surface area (Å²) in [5.74, 6) is -2.86. The summed E-state index contributed by atoms with van der Waals surface area (Å²) in [7, 11) is 0.